The van der Waals surface area contributed by atoms with Crippen LogP contribution in [0.25, 0.3) is 11.1 Å². The molecule has 4 rings (SSSR count). The molecule has 1 heterocycles. The molecule has 0 radical (unpaired) electrons. The Bertz CT molecular complexity index is 1270. The van der Waals surface area contributed by atoms with Gasteiger partial charge in [-0.1, -0.05) is 36.4 Å². The van der Waals surface area contributed by atoms with Crippen LogP contribution in [-0.2, 0) is 15.1 Å². The van der Waals surface area contributed by atoms with E-state index in [1.807, 2.05) is 6.92 Å². The molecule has 2 amide bonds. The first-order chi connectivity index (χ1) is 17.7. The van der Waals surface area contributed by atoms with Crippen molar-refractivity contribution >= 4 is 12.2 Å². The van der Waals surface area contributed by atoms with E-state index in [4.69, 9.17) is 15.2 Å². The highest BCUT2D eigenvalue weighted by Crippen LogP contribution is 2.40. The van der Waals surface area contributed by atoms with Crippen molar-refractivity contribution in [1.29, 1.82) is 0 Å². The van der Waals surface area contributed by atoms with Crippen molar-refractivity contribution in [2.45, 2.75) is 37.8 Å². The fourth-order valence-electron chi connectivity index (χ4n) is 4.67. The fraction of sp³-hybridized carbons (Fsp3) is 0.286. The molecule has 0 saturated carbocycles. The van der Waals surface area contributed by atoms with E-state index in [2.05, 4.69) is 0 Å². The standard InChI is InChI=1S/C28H27F3N2O4/c1-18(19-3-5-20(6-4-19)24-12-11-23(30)17-25(24)31)33-15-14-28(37-27(33)35,13-2-16-36-26(32)34)21-7-9-22(29)10-8-21/h3-12,17-18H,2,13-16H2,1H3,(H2,32,34)/t18-,28+/m0/s1. The number of hydrogen-bond donors (Lipinski definition) is 1. The molecule has 2 atom stereocenters. The third-order valence-corrected chi connectivity index (χ3v) is 6.72. The lowest BCUT2D eigenvalue weighted by molar-refractivity contribution is -0.0681. The van der Waals surface area contributed by atoms with Crippen molar-refractivity contribution in [3.05, 3.63) is 95.3 Å². The zero-order chi connectivity index (χ0) is 26.6. The molecule has 2 N–H and O–H groups in total. The second kappa shape index (κ2) is 10.9. The van der Waals surface area contributed by atoms with Gasteiger partial charge in [0.25, 0.3) is 0 Å². The quantitative estimate of drug-likeness (QED) is 0.352. The van der Waals surface area contributed by atoms with Gasteiger partial charge in [-0.3, -0.25) is 0 Å². The van der Waals surface area contributed by atoms with Crippen molar-refractivity contribution in [2.75, 3.05) is 13.2 Å². The predicted octanol–water partition coefficient (Wildman–Crippen LogP) is 6.45. The summed E-state index contributed by atoms with van der Waals surface area (Å²) in [6, 6.07) is 15.9. The van der Waals surface area contributed by atoms with Gasteiger partial charge in [0, 0.05) is 24.6 Å². The van der Waals surface area contributed by atoms with E-state index in [1.54, 1.807) is 41.3 Å². The van der Waals surface area contributed by atoms with E-state index >= 15 is 0 Å². The van der Waals surface area contributed by atoms with E-state index < -0.39 is 35.2 Å². The number of carbonyl (C=O) groups excluding carboxylic acids is 2. The van der Waals surface area contributed by atoms with E-state index in [0.717, 1.165) is 11.6 Å². The number of nitrogens with zero attached hydrogens (tertiary/aromatic N) is 1. The zero-order valence-electron chi connectivity index (χ0n) is 20.3. The minimum absolute atomic E-state index is 0.0664. The van der Waals surface area contributed by atoms with Gasteiger partial charge in [-0.2, -0.15) is 0 Å². The summed E-state index contributed by atoms with van der Waals surface area (Å²) in [6.07, 6.45) is -0.232. The summed E-state index contributed by atoms with van der Waals surface area (Å²) >= 11 is 0. The summed E-state index contributed by atoms with van der Waals surface area (Å²) in [5, 5.41) is 0. The van der Waals surface area contributed by atoms with Crippen LogP contribution in [0.2, 0.25) is 0 Å². The Labute approximate surface area is 212 Å². The molecule has 0 aliphatic carbocycles. The SMILES string of the molecule is C[C@@H](c1ccc(-c2ccc(F)cc2F)cc1)N1CC[C@](CCCOC(N)=O)(c2ccc(F)cc2)OC1=O. The van der Waals surface area contributed by atoms with Crippen LogP contribution in [0.1, 0.15) is 43.4 Å². The van der Waals surface area contributed by atoms with Crippen molar-refractivity contribution in [2.24, 2.45) is 5.73 Å². The molecule has 3 aromatic carbocycles. The minimum Gasteiger partial charge on any atom is -0.450 e. The minimum atomic E-state index is -1.01. The lowest BCUT2D eigenvalue weighted by Gasteiger charge is -2.43. The molecule has 3 aromatic rings. The molecule has 1 aliphatic heterocycles. The van der Waals surface area contributed by atoms with Crippen LogP contribution in [0.3, 0.4) is 0 Å². The fourth-order valence-corrected chi connectivity index (χ4v) is 4.67. The topological polar surface area (TPSA) is 81.9 Å². The maximum Gasteiger partial charge on any atom is 0.411 e. The number of rotatable bonds is 8. The molecule has 0 spiro atoms. The van der Waals surface area contributed by atoms with Crippen LogP contribution >= 0.6 is 0 Å². The van der Waals surface area contributed by atoms with E-state index in [-0.39, 0.29) is 18.2 Å². The Balaban J connectivity index is 1.50. The molecule has 1 fully saturated rings. The molecular formula is C28H27F3N2O4. The van der Waals surface area contributed by atoms with Gasteiger partial charge in [0.05, 0.1) is 12.6 Å². The lowest BCUT2D eigenvalue weighted by Crippen LogP contribution is -2.48. The first-order valence-electron chi connectivity index (χ1n) is 11.9. The van der Waals surface area contributed by atoms with Crippen molar-refractivity contribution < 1.29 is 32.2 Å². The largest absolute Gasteiger partial charge is 0.450 e. The highest BCUT2D eigenvalue weighted by Gasteiger charge is 2.43. The van der Waals surface area contributed by atoms with Gasteiger partial charge in [-0.05, 0) is 60.7 Å². The average molecular weight is 513 g/mol. The molecule has 9 heteroatoms. The molecule has 6 nitrogen and oxygen atoms in total. The normalized spacial score (nSPS) is 18.3. The number of ether oxygens (including phenoxy) is 2. The Morgan fingerprint density at radius 3 is 2.35 bits per heavy atom. The third-order valence-electron chi connectivity index (χ3n) is 6.72. The van der Waals surface area contributed by atoms with Crippen molar-refractivity contribution in [3.8, 4) is 11.1 Å². The lowest BCUT2D eigenvalue weighted by atomic mass is 9.84. The monoisotopic (exact) mass is 512 g/mol. The number of benzene rings is 3. The van der Waals surface area contributed by atoms with Gasteiger partial charge in [0.1, 0.15) is 23.1 Å². The van der Waals surface area contributed by atoms with Crippen molar-refractivity contribution in [1.82, 2.24) is 4.90 Å². The van der Waals surface area contributed by atoms with Crippen LogP contribution in [0.4, 0.5) is 22.8 Å². The first-order valence-corrected chi connectivity index (χ1v) is 11.9. The van der Waals surface area contributed by atoms with Crippen LogP contribution in [0.15, 0.2) is 66.7 Å². The average Bonchev–Trinajstić information content (AvgIpc) is 2.87. The number of hydrogen-bond acceptors (Lipinski definition) is 4. The summed E-state index contributed by atoms with van der Waals surface area (Å²) in [5.74, 6) is -1.71. The predicted molar refractivity (Wildman–Crippen MR) is 131 cm³/mol. The molecule has 1 aliphatic rings. The number of cyclic esters (lactones) is 1. The number of halogens is 3. The summed E-state index contributed by atoms with van der Waals surface area (Å²) in [6.45, 7) is 2.29. The van der Waals surface area contributed by atoms with Crippen molar-refractivity contribution in [3.63, 3.8) is 0 Å². The smallest absolute Gasteiger partial charge is 0.411 e. The van der Waals surface area contributed by atoms with Gasteiger partial charge in [-0.25, -0.2) is 22.8 Å². The van der Waals surface area contributed by atoms with Gasteiger partial charge in [0.2, 0.25) is 0 Å². The Kier molecular flexibility index (Phi) is 7.71. The van der Waals surface area contributed by atoms with Gasteiger partial charge < -0.3 is 20.1 Å². The summed E-state index contributed by atoms with van der Waals surface area (Å²) < 4.78 is 51.8. The Morgan fingerprint density at radius 2 is 1.73 bits per heavy atom. The molecular weight excluding hydrogens is 485 g/mol. The molecule has 0 bridgehead atoms. The first kappa shape index (κ1) is 26.1. The van der Waals surface area contributed by atoms with E-state index in [9.17, 15) is 22.8 Å². The molecule has 0 unspecified atom stereocenters. The number of nitrogens with two attached hydrogens (primary N) is 1. The molecule has 37 heavy (non-hydrogen) atoms. The van der Waals surface area contributed by atoms with Gasteiger partial charge in [-0.15, -0.1) is 0 Å². The maximum absolute atomic E-state index is 14.2. The third kappa shape index (κ3) is 5.87. The second-order valence-electron chi connectivity index (χ2n) is 9.01. The number of primary amides is 1. The van der Waals surface area contributed by atoms with Gasteiger partial charge >= 0.3 is 12.2 Å². The summed E-state index contributed by atoms with van der Waals surface area (Å²) in [5.41, 5.74) is 6.35. The molecule has 1 saturated heterocycles. The number of amides is 2. The number of carbonyl (C=O) groups is 2. The van der Waals surface area contributed by atoms with Crippen LogP contribution in [-0.4, -0.2) is 30.2 Å². The molecule has 0 aromatic heterocycles. The highest BCUT2D eigenvalue weighted by molar-refractivity contribution is 5.70. The van der Waals surface area contributed by atoms with Gasteiger partial charge in [0.15, 0.2) is 0 Å². The Hall–Kier alpha value is -4.01. The summed E-state index contributed by atoms with van der Waals surface area (Å²) in [4.78, 5) is 25.7. The molecule has 194 valence electrons. The second-order valence-corrected chi connectivity index (χ2v) is 9.01. The van der Waals surface area contributed by atoms with Crippen LogP contribution < -0.4 is 5.73 Å². The summed E-state index contributed by atoms with van der Waals surface area (Å²) in [7, 11) is 0. The van der Waals surface area contributed by atoms with E-state index in [0.29, 0.717) is 36.9 Å². The Morgan fingerprint density at radius 1 is 1.05 bits per heavy atom. The van der Waals surface area contributed by atoms with Crippen LogP contribution in [0.5, 0.6) is 0 Å². The highest BCUT2D eigenvalue weighted by atomic mass is 19.1. The zero-order valence-corrected chi connectivity index (χ0v) is 20.3. The van der Waals surface area contributed by atoms with E-state index in [1.165, 1.54) is 24.3 Å². The maximum atomic E-state index is 14.2. The van der Waals surface area contributed by atoms with Crippen LogP contribution in [0, 0.1) is 17.5 Å².